The summed E-state index contributed by atoms with van der Waals surface area (Å²) in [4.78, 5) is 11.1. The molecular weight excluding hydrogens is 224 g/mol. The van der Waals surface area contributed by atoms with Gasteiger partial charge in [0.25, 0.3) is 0 Å². The van der Waals surface area contributed by atoms with Gasteiger partial charge in [0.2, 0.25) is 0 Å². The van der Waals surface area contributed by atoms with E-state index < -0.39 is 0 Å². The van der Waals surface area contributed by atoms with Gasteiger partial charge in [-0.2, -0.15) is 0 Å². The molecule has 0 aliphatic carbocycles. The Morgan fingerprint density at radius 2 is 1.44 bits per heavy atom. The first-order valence-corrected chi connectivity index (χ1v) is 6.61. The summed E-state index contributed by atoms with van der Waals surface area (Å²) in [7, 11) is 0. The largest absolute Gasteiger partial charge is 0.462 e. The lowest BCUT2D eigenvalue weighted by Crippen LogP contribution is -2.05. The SMILES string of the molecule is C=C(C)C(=C)CCCCCCCOC(=O)C(=C)C. The van der Waals surface area contributed by atoms with Crippen molar-refractivity contribution in [2.45, 2.75) is 52.4 Å². The second-order valence-corrected chi connectivity index (χ2v) is 4.82. The van der Waals surface area contributed by atoms with E-state index in [1.165, 1.54) is 12.8 Å². The molecule has 0 aromatic carbocycles. The Kier molecular flexibility index (Phi) is 8.99. The molecule has 0 aromatic rings. The topological polar surface area (TPSA) is 26.3 Å². The molecule has 0 unspecified atom stereocenters. The molecule has 0 aromatic heterocycles. The standard InChI is InChI=1S/C16H26O2/c1-13(2)15(5)11-9-7-6-8-10-12-18-16(17)14(3)4/h1,3,5-12H2,2,4H3. The summed E-state index contributed by atoms with van der Waals surface area (Å²) >= 11 is 0. The van der Waals surface area contributed by atoms with E-state index in [0.717, 1.165) is 36.8 Å². The summed E-state index contributed by atoms with van der Waals surface area (Å²) in [6.45, 7) is 15.5. The summed E-state index contributed by atoms with van der Waals surface area (Å²) in [5, 5.41) is 0. The van der Waals surface area contributed by atoms with Crippen LogP contribution in [0.2, 0.25) is 0 Å². The van der Waals surface area contributed by atoms with Gasteiger partial charge in [-0.15, -0.1) is 0 Å². The predicted molar refractivity (Wildman–Crippen MR) is 77.4 cm³/mol. The Morgan fingerprint density at radius 1 is 0.889 bits per heavy atom. The molecule has 0 spiro atoms. The van der Waals surface area contributed by atoms with E-state index in [0.29, 0.717) is 12.2 Å². The van der Waals surface area contributed by atoms with Crippen molar-refractivity contribution in [3.8, 4) is 0 Å². The average Bonchev–Trinajstić information content (AvgIpc) is 2.31. The van der Waals surface area contributed by atoms with Crippen LogP contribution < -0.4 is 0 Å². The van der Waals surface area contributed by atoms with Gasteiger partial charge in [0.05, 0.1) is 6.61 Å². The Morgan fingerprint density at radius 3 is 2.00 bits per heavy atom. The number of carbonyl (C=O) groups is 1. The highest BCUT2D eigenvalue weighted by Crippen LogP contribution is 2.14. The lowest BCUT2D eigenvalue weighted by molar-refractivity contribution is -0.139. The quantitative estimate of drug-likeness (QED) is 0.245. The van der Waals surface area contributed by atoms with Crippen LogP contribution in [0, 0.1) is 0 Å². The molecule has 0 radical (unpaired) electrons. The van der Waals surface area contributed by atoms with Crippen LogP contribution in [0.15, 0.2) is 36.5 Å². The first-order valence-electron chi connectivity index (χ1n) is 6.61. The maximum Gasteiger partial charge on any atom is 0.333 e. The van der Waals surface area contributed by atoms with E-state index in [2.05, 4.69) is 19.7 Å². The van der Waals surface area contributed by atoms with Crippen molar-refractivity contribution in [3.05, 3.63) is 36.5 Å². The number of esters is 1. The molecule has 2 nitrogen and oxygen atoms in total. The molecule has 102 valence electrons. The summed E-state index contributed by atoms with van der Waals surface area (Å²) in [5.74, 6) is -0.284. The molecule has 0 aliphatic rings. The van der Waals surface area contributed by atoms with Crippen LogP contribution >= 0.6 is 0 Å². The van der Waals surface area contributed by atoms with Crippen LogP contribution in [0.3, 0.4) is 0 Å². The molecule has 0 heterocycles. The van der Waals surface area contributed by atoms with Crippen LogP contribution in [-0.2, 0) is 9.53 Å². The first kappa shape index (κ1) is 16.7. The van der Waals surface area contributed by atoms with E-state index in [-0.39, 0.29) is 5.97 Å². The fourth-order valence-corrected chi connectivity index (χ4v) is 1.47. The van der Waals surface area contributed by atoms with Crippen molar-refractivity contribution in [1.29, 1.82) is 0 Å². The second-order valence-electron chi connectivity index (χ2n) is 4.82. The van der Waals surface area contributed by atoms with Crippen LogP contribution in [-0.4, -0.2) is 12.6 Å². The molecule has 0 rings (SSSR count). The van der Waals surface area contributed by atoms with Crippen LogP contribution in [0.4, 0.5) is 0 Å². The smallest absolute Gasteiger partial charge is 0.333 e. The van der Waals surface area contributed by atoms with Crippen molar-refractivity contribution in [3.63, 3.8) is 0 Å². The minimum absolute atomic E-state index is 0.284. The summed E-state index contributed by atoms with van der Waals surface area (Å²) < 4.78 is 5.02. The molecule has 0 bridgehead atoms. The molecule has 0 amide bonds. The van der Waals surface area contributed by atoms with Gasteiger partial charge in [0.1, 0.15) is 0 Å². The van der Waals surface area contributed by atoms with Crippen LogP contribution in [0.5, 0.6) is 0 Å². The second kappa shape index (κ2) is 9.69. The Labute approximate surface area is 111 Å². The zero-order valence-corrected chi connectivity index (χ0v) is 11.9. The molecule has 0 saturated heterocycles. The fourth-order valence-electron chi connectivity index (χ4n) is 1.47. The first-order chi connectivity index (χ1) is 8.45. The number of rotatable bonds is 10. The van der Waals surface area contributed by atoms with E-state index in [4.69, 9.17) is 4.74 Å². The van der Waals surface area contributed by atoms with E-state index in [9.17, 15) is 4.79 Å². The summed E-state index contributed by atoms with van der Waals surface area (Å²) in [6, 6.07) is 0. The minimum atomic E-state index is -0.284. The van der Waals surface area contributed by atoms with Crippen molar-refractivity contribution in [1.82, 2.24) is 0 Å². The van der Waals surface area contributed by atoms with Gasteiger partial charge in [-0.1, -0.05) is 50.1 Å². The molecule has 0 fully saturated rings. The zero-order chi connectivity index (χ0) is 14.0. The van der Waals surface area contributed by atoms with E-state index in [1.54, 1.807) is 6.92 Å². The zero-order valence-electron chi connectivity index (χ0n) is 11.9. The molecule has 0 N–H and O–H groups in total. The fraction of sp³-hybridized carbons (Fsp3) is 0.562. The van der Waals surface area contributed by atoms with Crippen LogP contribution in [0.1, 0.15) is 52.4 Å². The van der Waals surface area contributed by atoms with Gasteiger partial charge in [0.15, 0.2) is 0 Å². The molecular formula is C16H26O2. The Balaban J connectivity index is 3.32. The van der Waals surface area contributed by atoms with Crippen molar-refractivity contribution in [2.24, 2.45) is 0 Å². The Bertz CT molecular complexity index is 281. The number of hydrogen-bond acceptors (Lipinski definition) is 2. The normalized spacial score (nSPS) is 9.89. The lowest BCUT2D eigenvalue weighted by atomic mass is 10.0. The van der Waals surface area contributed by atoms with Gasteiger partial charge in [0, 0.05) is 5.57 Å². The van der Waals surface area contributed by atoms with Crippen molar-refractivity contribution >= 4 is 5.97 Å². The number of carbonyl (C=O) groups excluding carboxylic acids is 1. The highest BCUT2D eigenvalue weighted by Gasteiger charge is 2.01. The molecule has 0 aliphatic heterocycles. The van der Waals surface area contributed by atoms with Crippen molar-refractivity contribution < 1.29 is 9.53 Å². The highest BCUT2D eigenvalue weighted by molar-refractivity contribution is 5.86. The minimum Gasteiger partial charge on any atom is -0.462 e. The number of allylic oxidation sites excluding steroid dienone is 2. The number of hydrogen-bond donors (Lipinski definition) is 0. The van der Waals surface area contributed by atoms with Gasteiger partial charge in [-0.05, 0) is 33.1 Å². The third-order valence-electron chi connectivity index (χ3n) is 2.81. The maximum atomic E-state index is 11.1. The van der Waals surface area contributed by atoms with Gasteiger partial charge >= 0.3 is 5.97 Å². The molecule has 0 saturated carbocycles. The van der Waals surface area contributed by atoms with E-state index >= 15 is 0 Å². The average molecular weight is 250 g/mol. The van der Waals surface area contributed by atoms with Crippen LogP contribution in [0.25, 0.3) is 0 Å². The molecule has 0 atom stereocenters. The highest BCUT2D eigenvalue weighted by atomic mass is 16.5. The third kappa shape index (κ3) is 8.80. The molecule has 18 heavy (non-hydrogen) atoms. The van der Waals surface area contributed by atoms with Gasteiger partial charge < -0.3 is 4.74 Å². The van der Waals surface area contributed by atoms with Gasteiger partial charge in [-0.25, -0.2) is 4.79 Å². The Hall–Kier alpha value is -1.31. The predicted octanol–water partition coefficient (Wildman–Crippen LogP) is 4.58. The molecule has 2 heteroatoms. The number of unbranched alkanes of at least 4 members (excludes halogenated alkanes) is 4. The van der Waals surface area contributed by atoms with E-state index in [1.807, 2.05) is 6.92 Å². The summed E-state index contributed by atoms with van der Waals surface area (Å²) in [6.07, 6.45) is 6.61. The third-order valence-corrected chi connectivity index (χ3v) is 2.81. The van der Waals surface area contributed by atoms with Crippen molar-refractivity contribution in [2.75, 3.05) is 6.61 Å². The lowest BCUT2D eigenvalue weighted by Gasteiger charge is -2.05. The monoisotopic (exact) mass is 250 g/mol. The number of ether oxygens (including phenoxy) is 1. The summed E-state index contributed by atoms with van der Waals surface area (Å²) in [5.41, 5.74) is 2.71. The van der Waals surface area contributed by atoms with Gasteiger partial charge in [-0.3, -0.25) is 0 Å². The maximum absolute atomic E-state index is 11.1.